The molecule has 0 atom stereocenters. The third kappa shape index (κ3) is 1.67. The first-order chi connectivity index (χ1) is 7.63. The van der Waals surface area contributed by atoms with Crippen LogP contribution in [-0.2, 0) is 0 Å². The Kier molecular flexibility index (Phi) is 2.66. The van der Waals surface area contributed by atoms with Crippen LogP contribution in [0.4, 0.5) is 0 Å². The summed E-state index contributed by atoms with van der Waals surface area (Å²) in [5.41, 5.74) is 6.06. The largest absolute Gasteiger partial charge is 0.497 e. The number of rotatable bonds is 2. The zero-order valence-electron chi connectivity index (χ0n) is 8.53. The van der Waals surface area contributed by atoms with Gasteiger partial charge in [0.25, 0.3) is 5.91 Å². The van der Waals surface area contributed by atoms with Gasteiger partial charge in [-0.2, -0.15) is 0 Å². The monoisotopic (exact) mass is 236 g/mol. The van der Waals surface area contributed by atoms with Crippen LogP contribution in [0.2, 0.25) is 5.02 Å². The summed E-state index contributed by atoms with van der Waals surface area (Å²) in [5.74, 6) is 0.0955. The fraction of sp³-hybridized carbons (Fsp3) is 0.0909. The van der Waals surface area contributed by atoms with Crippen LogP contribution in [-0.4, -0.2) is 18.0 Å². The summed E-state index contributed by atoms with van der Waals surface area (Å²) in [6, 6.07) is 5.24. The average molecular weight is 237 g/mol. The van der Waals surface area contributed by atoms with Gasteiger partial charge in [-0.25, -0.2) is 0 Å². The van der Waals surface area contributed by atoms with Crippen molar-refractivity contribution in [3.63, 3.8) is 0 Å². The molecule has 0 bridgehead atoms. The second-order valence-corrected chi connectivity index (χ2v) is 3.61. The van der Waals surface area contributed by atoms with Gasteiger partial charge in [-0.05, 0) is 12.1 Å². The number of nitrogens with zero attached hydrogens (tertiary/aromatic N) is 1. The van der Waals surface area contributed by atoms with E-state index in [9.17, 15) is 4.79 Å². The van der Waals surface area contributed by atoms with E-state index in [1.54, 1.807) is 25.3 Å². The molecular weight excluding hydrogens is 228 g/mol. The number of hydrogen-bond acceptors (Lipinski definition) is 3. The summed E-state index contributed by atoms with van der Waals surface area (Å²) in [6.07, 6.45) is 1.37. The molecule has 0 saturated heterocycles. The standard InChI is InChI=1S/C11H9ClN2O2/c1-16-6-2-3-7-9(4-6)14-5-8(10(7)12)11(13)15/h2-5H,1H3,(H2,13,15). The molecule has 1 aromatic heterocycles. The van der Waals surface area contributed by atoms with Crippen LogP contribution in [0, 0.1) is 0 Å². The molecule has 2 N–H and O–H groups in total. The Morgan fingerprint density at radius 1 is 1.50 bits per heavy atom. The molecule has 2 aromatic rings. The van der Waals surface area contributed by atoms with Crippen LogP contribution in [0.25, 0.3) is 10.9 Å². The minimum Gasteiger partial charge on any atom is -0.497 e. The van der Waals surface area contributed by atoms with Gasteiger partial charge in [0.2, 0.25) is 0 Å². The highest BCUT2D eigenvalue weighted by Gasteiger charge is 2.11. The molecule has 2 rings (SSSR count). The molecule has 5 heteroatoms. The SMILES string of the molecule is COc1ccc2c(Cl)c(C(N)=O)cnc2c1. The number of halogens is 1. The van der Waals surface area contributed by atoms with E-state index < -0.39 is 5.91 Å². The molecule has 0 radical (unpaired) electrons. The van der Waals surface area contributed by atoms with E-state index in [-0.39, 0.29) is 5.56 Å². The number of benzene rings is 1. The number of methoxy groups -OCH3 is 1. The lowest BCUT2D eigenvalue weighted by atomic mass is 10.1. The average Bonchev–Trinajstić information content (AvgIpc) is 2.28. The van der Waals surface area contributed by atoms with E-state index in [4.69, 9.17) is 22.1 Å². The first-order valence-electron chi connectivity index (χ1n) is 4.55. The van der Waals surface area contributed by atoms with Crippen LogP contribution >= 0.6 is 11.6 Å². The zero-order valence-corrected chi connectivity index (χ0v) is 9.28. The summed E-state index contributed by atoms with van der Waals surface area (Å²) in [6.45, 7) is 0. The third-order valence-corrected chi connectivity index (χ3v) is 2.68. The maximum Gasteiger partial charge on any atom is 0.251 e. The fourth-order valence-corrected chi connectivity index (χ4v) is 1.74. The number of carbonyl (C=O) groups is 1. The van der Waals surface area contributed by atoms with Crippen LogP contribution in [0.1, 0.15) is 10.4 Å². The lowest BCUT2D eigenvalue weighted by molar-refractivity contribution is 0.100. The highest BCUT2D eigenvalue weighted by Crippen LogP contribution is 2.27. The summed E-state index contributed by atoms with van der Waals surface area (Å²) in [4.78, 5) is 15.2. The molecular formula is C11H9ClN2O2. The minimum absolute atomic E-state index is 0.222. The molecule has 4 nitrogen and oxygen atoms in total. The summed E-state index contributed by atoms with van der Waals surface area (Å²) in [5, 5.41) is 0.999. The molecule has 0 aliphatic heterocycles. The maximum atomic E-state index is 11.1. The van der Waals surface area contributed by atoms with Crippen molar-refractivity contribution in [2.24, 2.45) is 5.73 Å². The molecule has 0 aliphatic rings. The number of aromatic nitrogens is 1. The van der Waals surface area contributed by atoms with E-state index in [0.717, 1.165) is 0 Å². The molecule has 0 saturated carbocycles. The van der Waals surface area contributed by atoms with Crippen LogP contribution in [0.5, 0.6) is 5.75 Å². The number of nitrogens with two attached hydrogens (primary N) is 1. The van der Waals surface area contributed by atoms with Crippen molar-refractivity contribution < 1.29 is 9.53 Å². The molecule has 1 amide bonds. The molecule has 82 valence electrons. The summed E-state index contributed by atoms with van der Waals surface area (Å²) < 4.78 is 5.07. The van der Waals surface area contributed by atoms with Gasteiger partial charge in [0.1, 0.15) is 5.75 Å². The highest BCUT2D eigenvalue weighted by atomic mass is 35.5. The number of fused-ring (bicyclic) bond motifs is 1. The minimum atomic E-state index is -0.588. The Morgan fingerprint density at radius 2 is 2.25 bits per heavy atom. The summed E-state index contributed by atoms with van der Waals surface area (Å²) in [7, 11) is 1.57. The predicted octanol–water partition coefficient (Wildman–Crippen LogP) is 2.00. The third-order valence-electron chi connectivity index (χ3n) is 2.28. The number of primary amides is 1. The van der Waals surface area contributed by atoms with Gasteiger partial charge in [-0.3, -0.25) is 9.78 Å². The fourth-order valence-electron chi connectivity index (χ4n) is 1.44. The van der Waals surface area contributed by atoms with Gasteiger partial charge in [-0.15, -0.1) is 0 Å². The molecule has 1 aromatic carbocycles. The van der Waals surface area contributed by atoms with Gasteiger partial charge in [0, 0.05) is 17.6 Å². The normalized spacial score (nSPS) is 10.4. The molecule has 1 heterocycles. The van der Waals surface area contributed by atoms with Gasteiger partial charge >= 0.3 is 0 Å². The Bertz CT molecular complexity index is 569. The van der Waals surface area contributed by atoms with E-state index in [1.165, 1.54) is 6.20 Å². The quantitative estimate of drug-likeness (QED) is 0.867. The van der Waals surface area contributed by atoms with E-state index in [2.05, 4.69) is 4.98 Å². The smallest absolute Gasteiger partial charge is 0.251 e. The lowest BCUT2D eigenvalue weighted by Crippen LogP contribution is -2.12. The summed E-state index contributed by atoms with van der Waals surface area (Å²) >= 11 is 6.05. The van der Waals surface area contributed by atoms with Crippen LogP contribution < -0.4 is 10.5 Å². The van der Waals surface area contributed by atoms with Gasteiger partial charge in [0.15, 0.2) is 0 Å². The molecule has 0 aliphatic carbocycles. The van der Waals surface area contributed by atoms with Crippen LogP contribution in [0.3, 0.4) is 0 Å². The number of pyridine rings is 1. The van der Waals surface area contributed by atoms with Crippen molar-refractivity contribution in [1.29, 1.82) is 0 Å². The van der Waals surface area contributed by atoms with Gasteiger partial charge in [0.05, 0.1) is 23.2 Å². The van der Waals surface area contributed by atoms with Crippen molar-refractivity contribution in [3.05, 3.63) is 35.0 Å². The highest BCUT2D eigenvalue weighted by molar-refractivity contribution is 6.38. The molecule has 0 fully saturated rings. The number of ether oxygens (including phenoxy) is 1. The Labute approximate surface area is 97.0 Å². The topological polar surface area (TPSA) is 65.2 Å². The van der Waals surface area contributed by atoms with Crippen molar-refractivity contribution in [2.75, 3.05) is 7.11 Å². The van der Waals surface area contributed by atoms with E-state index in [1.807, 2.05) is 0 Å². The molecule has 16 heavy (non-hydrogen) atoms. The second-order valence-electron chi connectivity index (χ2n) is 3.23. The Balaban J connectivity index is 2.71. The van der Waals surface area contributed by atoms with E-state index >= 15 is 0 Å². The van der Waals surface area contributed by atoms with Crippen molar-refractivity contribution in [2.45, 2.75) is 0 Å². The van der Waals surface area contributed by atoms with Crippen molar-refractivity contribution >= 4 is 28.4 Å². The first-order valence-corrected chi connectivity index (χ1v) is 4.93. The lowest BCUT2D eigenvalue weighted by Gasteiger charge is -2.05. The number of carbonyl (C=O) groups excluding carboxylic acids is 1. The second kappa shape index (κ2) is 3.98. The zero-order chi connectivity index (χ0) is 11.7. The van der Waals surface area contributed by atoms with E-state index in [0.29, 0.717) is 21.7 Å². The predicted molar refractivity (Wildman–Crippen MR) is 61.8 cm³/mol. The van der Waals surface area contributed by atoms with Crippen molar-refractivity contribution in [1.82, 2.24) is 4.98 Å². The Morgan fingerprint density at radius 3 is 2.88 bits per heavy atom. The van der Waals surface area contributed by atoms with Crippen LogP contribution in [0.15, 0.2) is 24.4 Å². The first kappa shape index (κ1) is 10.7. The Hall–Kier alpha value is -1.81. The number of amides is 1. The van der Waals surface area contributed by atoms with Crippen molar-refractivity contribution in [3.8, 4) is 5.75 Å². The van der Waals surface area contributed by atoms with Gasteiger partial charge in [-0.1, -0.05) is 11.6 Å². The molecule has 0 spiro atoms. The van der Waals surface area contributed by atoms with Gasteiger partial charge < -0.3 is 10.5 Å². The maximum absolute atomic E-state index is 11.1. The number of hydrogen-bond donors (Lipinski definition) is 1. The molecule has 0 unspecified atom stereocenters.